The van der Waals surface area contributed by atoms with Gasteiger partial charge in [-0.1, -0.05) is 0 Å². The third-order valence-corrected chi connectivity index (χ3v) is 2.66. The molecule has 1 aliphatic heterocycles. The molecule has 0 aromatic rings. The highest BCUT2D eigenvalue weighted by Gasteiger charge is 2.32. The van der Waals surface area contributed by atoms with E-state index >= 15 is 0 Å². The Morgan fingerprint density at radius 2 is 2.00 bits per heavy atom. The van der Waals surface area contributed by atoms with E-state index in [1.807, 2.05) is 0 Å². The van der Waals surface area contributed by atoms with Crippen LogP contribution < -0.4 is 5.32 Å². The maximum Gasteiger partial charge on any atom is 0.0290 e. The fraction of sp³-hybridized carbons (Fsp3) is 1.00. The van der Waals surface area contributed by atoms with Crippen molar-refractivity contribution >= 4 is 0 Å². The minimum atomic E-state index is 0.785. The Balaban J connectivity index is 1.84. The van der Waals surface area contributed by atoms with E-state index in [1.54, 1.807) is 0 Å². The molecular formula is C8H15N2. The van der Waals surface area contributed by atoms with E-state index in [4.69, 9.17) is 0 Å². The van der Waals surface area contributed by atoms with Crippen LogP contribution in [0.25, 0.3) is 0 Å². The van der Waals surface area contributed by atoms with E-state index in [9.17, 15) is 0 Å². The molecule has 1 saturated heterocycles. The number of nitrogens with zero attached hydrogens (tertiary/aromatic N) is 2. The first-order chi connectivity index (χ1) is 4.88. The van der Waals surface area contributed by atoms with Gasteiger partial charge in [-0.3, -0.25) is 4.90 Å². The normalized spacial score (nSPS) is 33.6. The third kappa shape index (κ3) is 1.18. The summed E-state index contributed by atoms with van der Waals surface area (Å²) in [5.41, 5.74) is 0. The summed E-state index contributed by atoms with van der Waals surface area (Å²) in [6.07, 6.45) is 4.15. The zero-order valence-corrected chi connectivity index (χ0v) is 6.58. The minimum absolute atomic E-state index is 0.785. The lowest BCUT2D eigenvalue weighted by Crippen LogP contribution is -2.34. The lowest BCUT2D eigenvalue weighted by molar-refractivity contribution is 0.247. The molecular weight excluding hydrogens is 124 g/mol. The summed E-state index contributed by atoms with van der Waals surface area (Å²) >= 11 is 0. The molecule has 0 bridgehead atoms. The Morgan fingerprint density at radius 1 is 1.20 bits per heavy atom. The van der Waals surface area contributed by atoms with Crippen LogP contribution in [-0.2, 0) is 0 Å². The van der Waals surface area contributed by atoms with Gasteiger partial charge in [0.15, 0.2) is 0 Å². The van der Waals surface area contributed by atoms with E-state index in [-0.39, 0.29) is 0 Å². The van der Waals surface area contributed by atoms with Crippen molar-refractivity contribution < 1.29 is 0 Å². The van der Waals surface area contributed by atoms with Crippen LogP contribution >= 0.6 is 0 Å². The molecule has 1 aliphatic carbocycles. The highest BCUT2D eigenvalue weighted by Crippen LogP contribution is 2.28. The molecule has 1 heterocycles. The Morgan fingerprint density at radius 3 is 2.50 bits per heavy atom. The van der Waals surface area contributed by atoms with E-state index in [2.05, 4.69) is 17.3 Å². The topological polar surface area (TPSA) is 17.3 Å². The van der Waals surface area contributed by atoms with Crippen LogP contribution in [0.4, 0.5) is 0 Å². The average molecular weight is 139 g/mol. The Labute approximate surface area is 62.6 Å². The van der Waals surface area contributed by atoms with Gasteiger partial charge < -0.3 is 0 Å². The summed E-state index contributed by atoms with van der Waals surface area (Å²) in [5, 5.41) is 4.35. The summed E-state index contributed by atoms with van der Waals surface area (Å²) < 4.78 is 0. The summed E-state index contributed by atoms with van der Waals surface area (Å²) in [6, 6.07) is 1.70. The molecule has 2 fully saturated rings. The van der Waals surface area contributed by atoms with Crippen molar-refractivity contribution in [3.63, 3.8) is 0 Å². The second kappa shape index (κ2) is 2.51. The van der Waals surface area contributed by atoms with E-state index in [1.165, 1.54) is 19.3 Å². The molecule has 57 valence electrons. The smallest absolute Gasteiger partial charge is 0.0290 e. The van der Waals surface area contributed by atoms with Gasteiger partial charge in [-0.2, -0.15) is 0 Å². The van der Waals surface area contributed by atoms with Crippen molar-refractivity contribution in [2.45, 2.75) is 31.3 Å². The number of hydrogen-bond donors (Lipinski definition) is 0. The Bertz CT molecular complexity index is 114. The van der Waals surface area contributed by atoms with Gasteiger partial charge in [0.25, 0.3) is 0 Å². The molecule has 0 N–H and O–H groups in total. The molecule has 0 amide bonds. The summed E-state index contributed by atoms with van der Waals surface area (Å²) in [4.78, 5) is 2.52. The zero-order chi connectivity index (χ0) is 6.97. The summed E-state index contributed by atoms with van der Waals surface area (Å²) in [5.74, 6) is 0. The van der Waals surface area contributed by atoms with Crippen LogP contribution in [0.15, 0.2) is 0 Å². The molecule has 1 saturated carbocycles. The Kier molecular flexibility index (Phi) is 1.66. The molecule has 1 unspecified atom stereocenters. The number of rotatable bonds is 2. The molecule has 2 heteroatoms. The summed E-state index contributed by atoms with van der Waals surface area (Å²) in [6.45, 7) is 2.19. The molecule has 0 spiro atoms. The Hall–Kier alpha value is -0.0800. The number of likely N-dealkylation sites (N-methyl/N-ethyl adjacent to an activating group) is 1. The fourth-order valence-corrected chi connectivity index (χ4v) is 1.68. The molecule has 2 nitrogen and oxygen atoms in total. The standard InChI is InChI=1S/C8H15N2/c1-10(7-2-3-7)8-4-5-9-6-8/h7-8H,2-6H2,1H3. The maximum atomic E-state index is 4.35. The van der Waals surface area contributed by atoms with Gasteiger partial charge in [-0.15, -0.1) is 0 Å². The first-order valence-corrected chi connectivity index (χ1v) is 4.23. The largest absolute Gasteiger partial charge is 0.299 e. The molecule has 1 atom stereocenters. The van der Waals surface area contributed by atoms with Crippen LogP contribution in [0.3, 0.4) is 0 Å². The average Bonchev–Trinajstić information content (AvgIpc) is 2.65. The summed E-state index contributed by atoms with van der Waals surface area (Å²) in [7, 11) is 2.25. The van der Waals surface area contributed by atoms with Crippen molar-refractivity contribution in [3.8, 4) is 0 Å². The van der Waals surface area contributed by atoms with Crippen molar-refractivity contribution in [2.24, 2.45) is 0 Å². The monoisotopic (exact) mass is 139 g/mol. The zero-order valence-electron chi connectivity index (χ0n) is 6.58. The van der Waals surface area contributed by atoms with Crippen LogP contribution in [-0.4, -0.2) is 37.1 Å². The van der Waals surface area contributed by atoms with Gasteiger partial charge in [0.2, 0.25) is 0 Å². The van der Waals surface area contributed by atoms with E-state index in [0.717, 1.165) is 25.2 Å². The second-order valence-corrected chi connectivity index (χ2v) is 3.47. The van der Waals surface area contributed by atoms with Crippen molar-refractivity contribution in [1.82, 2.24) is 10.2 Å². The van der Waals surface area contributed by atoms with E-state index in [0.29, 0.717) is 0 Å². The first-order valence-electron chi connectivity index (χ1n) is 4.23. The maximum absolute atomic E-state index is 4.35. The molecule has 2 aliphatic rings. The van der Waals surface area contributed by atoms with Crippen molar-refractivity contribution in [2.75, 3.05) is 20.1 Å². The molecule has 1 radical (unpaired) electrons. The lowest BCUT2D eigenvalue weighted by atomic mass is 10.2. The predicted octanol–water partition coefficient (Wildman–Crippen LogP) is 0.457. The first kappa shape index (κ1) is 6.62. The molecule has 10 heavy (non-hydrogen) atoms. The van der Waals surface area contributed by atoms with Gasteiger partial charge >= 0.3 is 0 Å². The van der Waals surface area contributed by atoms with Crippen molar-refractivity contribution in [3.05, 3.63) is 0 Å². The van der Waals surface area contributed by atoms with Gasteiger partial charge in [-0.05, 0) is 26.3 Å². The molecule has 0 aromatic carbocycles. The second-order valence-electron chi connectivity index (χ2n) is 3.47. The SMILES string of the molecule is CN(C1CC1)C1CC[N]C1. The quantitative estimate of drug-likeness (QED) is 0.543. The fourth-order valence-electron chi connectivity index (χ4n) is 1.68. The van der Waals surface area contributed by atoms with Gasteiger partial charge in [0.05, 0.1) is 0 Å². The highest BCUT2D eigenvalue weighted by atomic mass is 15.2. The van der Waals surface area contributed by atoms with Gasteiger partial charge in [-0.25, -0.2) is 5.32 Å². The van der Waals surface area contributed by atoms with Crippen molar-refractivity contribution in [1.29, 1.82) is 0 Å². The third-order valence-electron chi connectivity index (χ3n) is 2.66. The van der Waals surface area contributed by atoms with Crippen LogP contribution in [0, 0.1) is 0 Å². The number of hydrogen-bond acceptors (Lipinski definition) is 1. The van der Waals surface area contributed by atoms with Gasteiger partial charge in [0.1, 0.15) is 0 Å². The van der Waals surface area contributed by atoms with Crippen LogP contribution in [0.2, 0.25) is 0 Å². The predicted molar refractivity (Wildman–Crippen MR) is 41.1 cm³/mol. The van der Waals surface area contributed by atoms with Crippen LogP contribution in [0.5, 0.6) is 0 Å². The minimum Gasteiger partial charge on any atom is -0.299 e. The van der Waals surface area contributed by atoms with Gasteiger partial charge in [0, 0.05) is 25.2 Å². The lowest BCUT2D eigenvalue weighted by Gasteiger charge is -2.22. The molecule has 2 rings (SSSR count). The van der Waals surface area contributed by atoms with Crippen LogP contribution in [0.1, 0.15) is 19.3 Å². The highest BCUT2D eigenvalue weighted by molar-refractivity contribution is 4.89. The molecule has 0 aromatic heterocycles. The van der Waals surface area contributed by atoms with E-state index < -0.39 is 0 Å².